The van der Waals surface area contributed by atoms with Gasteiger partial charge in [0.1, 0.15) is 0 Å². The van der Waals surface area contributed by atoms with E-state index in [1.54, 1.807) is 0 Å². The zero-order valence-corrected chi connectivity index (χ0v) is 13.5. The maximum atomic E-state index is 6.08. The first kappa shape index (κ1) is 15.2. The van der Waals surface area contributed by atoms with Gasteiger partial charge in [0.25, 0.3) is 0 Å². The van der Waals surface area contributed by atoms with Gasteiger partial charge in [-0.25, -0.2) is 0 Å². The van der Waals surface area contributed by atoms with Crippen molar-refractivity contribution in [3.8, 4) is 0 Å². The normalized spacial score (nSPS) is 24.2. The van der Waals surface area contributed by atoms with Crippen molar-refractivity contribution in [3.05, 3.63) is 0 Å². The van der Waals surface area contributed by atoms with E-state index in [4.69, 9.17) is 4.74 Å². The summed E-state index contributed by atoms with van der Waals surface area (Å²) in [6, 6.07) is 1.38. The number of rotatable bonds is 5. The summed E-state index contributed by atoms with van der Waals surface area (Å²) < 4.78 is 6.08. The molecule has 1 saturated heterocycles. The van der Waals surface area contributed by atoms with Gasteiger partial charge in [0.2, 0.25) is 0 Å². The molecule has 0 saturated carbocycles. The van der Waals surface area contributed by atoms with Crippen LogP contribution < -0.4 is 5.32 Å². The highest BCUT2D eigenvalue weighted by Crippen LogP contribution is 2.30. The second-order valence-corrected chi connectivity index (χ2v) is 10.0. The SMILES string of the molecule is C[Si](C)CCCOC1CC(C)(C)NC(C)(C)C1. The molecule has 1 rings (SSSR count). The lowest BCUT2D eigenvalue weighted by Gasteiger charge is -2.46. The smallest absolute Gasteiger partial charge is 0.0609 e. The molecule has 17 heavy (non-hydrogen) atoms. The minimum atomic E-state index is -0.0746. The van der Waals surface area contributed by atoms with Crippen molar-refractivity contribution in [2.75, 3.05) is 6.61 Å². The number of nitrogens with one attached hydrogen (secondary N) is 1. The van der Waals surface area contributed by atoms with Gasteiger partial charge in [-0.05, 0) is 47.0 Å². The fraction of sp³-hybridized carbons (Fsp3) is 1.00. The van der Waals surface area contributed by atoms with Crippen LogP contribution >= 0.6 is 0 Å². The van der Waals surface area contributed by atoms with E-state index >= 15 is 0 Å². The third kappa shape index (κ3) is 6.02. The summed E-state index contributed by atoms with van der Waals surface area (Å²) >= 11 is 0. The molecule has 3 heteroatoms. The van der Waals surface area contributed by atoms with Crippen LogP contribution in [0.5, 0.6) is 0 Å². The van der Waals surface area contributed by atoms with Crippen molar-refractivity contribution >= 4 is 8.80 Å². The van der Waals surface area contributed by atoms with Crippen LogP contribution in [-0.4, -0.2) is 32.6 Å². The van der Waals surface area contributed by atoms with Crippen molar-refractivity contribution in [3.63, 3.8) is 0 Å². The fourth-order valence-corrected chi connectivity index (χ4v) is 3.87. The quantitative estimate of drug-likeness (QED) is 0.601. The Bertz CT molecular complexity index is 222. The highest BCUT2D eigenvalue weighted by molar-refractivity contribution is 6.55. The van der Waals surface area contributed by atoms with Gasteiger partial charge in [-0.1, -0.05) is 19.1 Å². The predicted molar refractivity (Wildman–Crippen MR) is 77.2 cm³/mol. The lowest BCUT2D eigenvalue weighted by molar-refractivity contribution is -0.0213. The van der Waals surface area contributed by atoms with E-state index in [0.29, 0.717) is 6.10 Å². The average Bonchev–Trinajstić information content (AvgIpc) is 2.06. The fourth-order valence-electron chi connectivity index (χ4n) is 3.02. The number of hydrogen-bond donors (Lipinski definition) is 1. The van der Waals surface area contributed by atoms with Crippen molar-refractivity contribution in [2.24, 2.45) is 0 Å². The van der Waals surface area contributed by atoms with Gasteiger partial charge in [0.15, 0.2) is 0 Å². The standard InChI is InChI=1S/C14H30NOSi/c1-13(2)10-12(11-14(3,4)15-13)16-8-7-9-17(5)6/h12,15H,7-11H2,1-6H3. The molecule has 2 nitrogen and oxygen atoms in total. The van der Waals surface area contributed by atoms with Crippen LogP contribution in [0.1, 0.15) is 47.0 Å². The van der Waals surface area contributed by atoms with E-state index in [0.717, 1.165) is 19.4 Å². The van der Waals surface area contributed by atoms with Gasteiger partial charge >= 0.3 is 0 Å². The molecule has 0 atom stereocenters. The molecule has 0 bridgehead atoms. The van der Waals surface area contributed by atoms with Crippen molar-refractivity contribution in [1.82, 2.24) is 5.32 Å². The van der Waals surface area contributed by atoms with Crippen LogP contribution in [-0.2, 0) is 4.74 Å². The third-order valence-electron chi connectivity index (χ3n) is 3.33. The minimum absolute atomic E-state index is 0.0746. The van der Waals surface area contributed by atoms with Crippen molar-refractivity contribution in [2.45, 2.75) is 83.3 Å². The summed E-state index contributed by atoms with van der Waals surface area (Å²) in [6.07, 6.45) is 3.94. The molecule has 0 aromatic heterocycles. The zero-order valence-electron chi connectivity index (χ0n) is 12.5. The third-order valence-corrected chi connectivity index (χ3v) is 4.68. The van der Waals surface area contributed by atoms with Crippen molar-refractivity contribution < 1.29 is 4.74 Å². The Morgan fingerprint density at radius 1 is 1.12 bits per heavy atom. The molecule has 1 aliphatic rings. The van der Waals surface area contributed by atoms with Crippen LogP contribution in [0.4, 0.5) is 0 Å². The number of piperidine rings is 1. The molecule has 1 heterocycles. The molecular formula is C14H30NOSi. The first-order valence-corrected chi connectivity index (χ1v) is 9.61. The van der Waals surface area contributed by atoms with Crippen LogP contribution in [0.3, 0.4) is 0 Å². The van der Waals surface area contributed by atoms with Crippen LogP contribution in [0.2, 0.25) is 19.1 Å². The molecule has 0 unspecified atom stereocenters. The van der Waals surface area contributed by atoms with Crippen LogP contribution in [0.25, 0.3) is 0 Å². The van der Waals surface area contributed by atoms with Gasteiger partial charge in [0, 0.05) is 26.5 Å². The Hall–Kier alpha value is 0.137. The summed E-state index contributed by atoms with van der Waals surface area (Å²) in [7, 11) is -0.0746. The number of ether oxygens (including phenoxy) is 1. The first-order chi connectivity index (χ1) is 7.70. The minimum Gasteiger partial charge on any atom is -0.378 e. The van der Waals surface area contributed by atoms with Gasteiger partial charge in [-0.2, -0.15) is 0 Å². The van der Waals surface area contributed by atoms with Crippen molar-refractivity contribution in [1.29, 1.82) is 0 Å². The second-order valence-electron chi connectivity index (χ2n) is 7.10. The topological polar surface area (TPSA) is 21.3 Å². The Balaban J connectivity index is 2.33. The summed E-state index contributed by atoms with van der Waals surface area (Å²) in [5.41, 5.74) is 0.410. The van der Waals surface area contributed by atoms with E-state index < -0.39 is 0 Å². The van der Waals surface area contributed by atoms with Gasteiger partial charge < -0.3 is 10.1 Å². The zero-order chi connectivity index (χ0) is 13.1. The Morgan fingerprint density at radius 3 is 2.12 bits per heavy atom. The van der Waals surface area contributed by atoms with Crippen LogP contribution in [0.15, 0.2) is 0 Å². The molecular weight excluding hydrogens is 226 g/mol. The molecule has 0 spiro atoms. The lowest BCUT2D eigenvalue weighted by Crippen LogP contribution is -2.59. The molecule has 0 aromatic carbocycles. The summed E-state index contributed by atoms with van der Waals surface area (Å²) in [5, 5.41) is 3.70. The lowest BCUT2D eigenvalue weighted by atomic mass is 9.81. The monoisotopic (exact) mass is 256 g/mol. The Kier molecular flexibility index (Phi) is 5.23. The van der Waals surface area contributed by atoms with Gasteiger partial charge in [0.05, 0.1) is 6.10 Å². The van der Waals surface area contributed by atoms with E-state index in [1.807, 2.05) is 0 Å². The summed E-state index contributed by atoms with van der Waals surface area (Å²) in [6.45, 7) is 14.8. The summed E-state index contributed by atoms with van der Waals surface area (Å²) in [5.74, 6) is 0. The summed E-state index contributed by atoms with van der Waals surface area (Å²) in [4.78, 5) is 0. The number of hydrogen-bond acceptors (Lipinski definition) is 2. The Labute approximate surface area is 109 Å². The maximum Gasteiger partial charge on any atom is 0.0609 e. The van der Waals surface area contributed by atoms with E-state index in [9.17, 15) is 0 Å². The largest absolute Gasteiger partial charge is 0.378 e. The molecule has 1 N–H and O–H groups in total. The molecule has 0 amide bonds. The van der Waals surface area contributed by atoms with E-state index in [2.05, 4.69) is 46.1 Å². The van der Waals surface area contributed by atoms with Gasteiger partial charge in [-0.3, -0.25) is 0 Å². The van der Waals surface area contributed by atoms with E-state index in [1.165, 1.54) is 12.5 Å². The molecule has 1 radical (unpaired) electrons. The van der Waals surface area contributed by atoms with Gasteiger partial charge in [-0.15, -0.1) is 0 Å². The molecule has 1 fully saturated rings. The maximum absolute atomic E-state index is 6.08. The first-order valence-electron chi connectivity index (χ1n) is 6.90. The second kappa shape index (κ2) is 5.85. The highest BCUT2D eigenvalue weighted by atomic mass is 28.3. The molecule has 1 aliphatic heterocycles. The molecule has 0 aromatic rings. The molecule has 101 valence electrons. The average molecular weight is 256 g/mol. The predicted octanol–water partition coefficient (Wildman–Crippen LogP) is 3.46. The molecule has 0 aliphatic carbocycles. The Morgan fingerprint density at radius 2 is 1.65 bits per heavy atom. The van der Waals surface area contributed by atoms with E-state index in [-0.39, 0.29) is 19.9 Å². The van der Waals surface area contributed by atoms with Crippen LogP contribution in [0, 0.1) is 0 Å². The highest BCUT2D eigenvalue weighted by Gasteiger charge is 2.37.